The summed E-state index contributed by atoms with van der Waals surface area (Å²) >= 11 is 0. The van der Waals surface area contributed by atoms with Crippen LogP contribution in [0.15, 0.2) is 35.3 Å². The molecular weight excluding hydrogens is 513 g/mol. The van der Waals surface area contributed by atoms with Crippen LogP contribution < -0.4 is 15.4 Å². The molecule has 0 aliphatic carbocycles. The molecule has 2 rings (SSSR count). The van der Waals surface area contributed by atoms with E-state index in [1.54, 1.807) is 0 Å². The second kappa shape index (κ2) is 13.5. The summed E-state index contributed by atoms with van der Waals surface area (Å²) in [6.07, 6.45) is 3.81. The summed E-state index contributed by atoms with van der Waals surface area (Å²) in [5, 5.41) is 6.36. The normalized spacial score (nSPS) is 16.0. The van der Waals surface area contributed by atoms with Crippen molar-refractivity contribution >= 4 is 40.0 Å². The first-order valence-corrected chi connectivity index (χ1v) is 12.3. The second-order valence-electron chi connectivity index (χ2n) is 8.11. The van der Waals surface area contributed by atoms with Gasteiger partial charge >= 0.3 is 0 Å². The number of benzene rings is 1. The van der Waals surface area contributed by atoms with E-state index in [1.165, 1.54) is 19.3 Å². The van der Waals surface area contributed by atoms with Crippen molar-refractivity contribution in [2.24, 2.45) is 4.99 Å². The molecule has 3 N–H and O–H groups in total. The molecule has 1 fully saturated rings. The first kappa shape index (κ1) is 27.1. The van der Waals surface area contributed by atoms with Crippen LogP contribution in [0.5, 0.6) is 0 Å². The van der Waals surface area contributed by atoms with Crippen LogP contribution in [0.2, 0.25) is 0 Å². The lowest BCUT2D eigenvalue weighted by Crippen LogP contribution is -2.50. The van der Waals surface area contributed by atoms with Crippen LogP contribution in [-0.4, -0.2) is 63.3 Å². The number of sulfonamides is 1. The molecule has 0 bridgehead atoms. The molecule has 0 atom stereocenters. The Bertz CT molecular complexity index is 735. The Labute approximate surface area is 199 Å². The monoisotopic (exact) mass is 551 g/mol. The number of piperidine rings is 1. The minimum atomic E-state index is -3.35. The average Bonchev–Trinajstić information content (AvgIpc) is 2.72. The van der Waals surface area contributed by atoms with Crippen molar-refractivity contribution in [3.05, 3.63) is 35.9 Å². The minimum Gasteiger partial charge on any atom is -0.357 e. The van der Waals surface area contributed by atoms with E-state index in [9.17, 15) is 8.42 Å². The van der Waals surface area contributed by atoms with E-state index < -0.39 is 10.0 Å². The topological polar surface area (TPSA) is 85.8 Å². The Balaban J connectivity index is 0.00000450. The van der Waals surface area contributed by atoms with Gasteiger partial charge in [0.15, 0.2) is 5.96 Å². The van der Waals surface area contributed by atoms with Gasteiger partial charge in [-0.3, -0.25) is 9.89 Å². The second-order valence-corrected chi connectivity index (χ2v) is 10.0. The molecule has 0 radical (unpaired) electrons. The maximum Gasteiger partial charge on any atom is 0.213 e. The molecule has 1 heterocycles. The third-order valence-corrected chi connectivity index (χ3v) is 6.51. The predicted octanol–water partition coefficient (Wildman–Crippen LogP) is 2.54. The maximum atomic E-state index is 12.2. The maximum absolute atomic E-state index is 12.2. The minimum absolute atomic E-state index is 0. The molecule has 0 saturated carbocycles. The van der Waals surface area contributed by atoms with E-state index in [0.29, 0.717) is 25.6 Å². The molecule has 7 nitrogen and oxygen atoms in total. The molecule has 0 aromatic heterocycles. The zero-order valence-electron chi connectivity index (χ0n) is 18.5. The van der Waals surface area contributed by atoms with Crippen LogP contribution in [-0.2, 0) is 16.6 Å². The number of hydrogen-bond donors (Lipinski definition) is 3. The summed E-state index contributed by atoms with van der Waals surface area (Å²) in [6.45, 7) is 10.7. The van der Waals surface area contributed by atoms with Crippen LogP contribution in [0.25, 0.3) is 0 Å². The van der Waals surface area contributed by atoms with Crippen molar-refractivity contribution in [3.63, 3.8) is 0 Å². The Morgan fingerprint density at radius 1 is 1.10 bits per heavy atom. The van der Waals surface area contributed by atoms with Gasteiger partial charge in [0.25, 0.3) is 0 Å². The third kappa shape index (κ3) is 9.93. The number of rotatable bonds is 10. The van der Waals surface area contributed by atoms with Crippen molar-refractivity contribution in [1.29, 1.82) is 0 Å². The average molecular weight is 552 g/mol. The molecule has 0 amide bonds. The number of halogens is 1. The molecule has 172 valence electrons. The highest BCUT2D eigenvalue weighted by atomic mass is 127. The first-order valence-electron chi connectivity index (χ1n) is 10.6. The quantitative estimate of drug-likeness (QED) is 0.237. The zero-order chi connectivity index (χ0) is 21.2. The molecule has 30 heavy (non-hydrogen) atoms. The van der Waals surface area contributed by atoms with Crippen LogP contribution in [0.3, 0.4) is 0 Å². The van der Waals surface area contributed by atoms with E-state index >= 15 is 0 Å². The van der Waals surface area contributed by atoms with Crippen LogP contribution in [0.4, 0.5) is 0 Å². The summed E-state index contributed by atoms with van der Waals surface area (Å²) in [6, 6.07) is 9.52. The molecule has 0 unspecified atom stereocenters. The van der Waals surface area contributed by atoms with Crippen LogP contribution in [0.1, 0.15) is 45.6 Å². The molecule has 1 aliphatic heterocycles. The molecule has 1 aromatic rings. The highest BCUT2D eigenvalue weighted by Gasteiger charge is 2.27. The van der Waals surface area contributed by atoms with E-state index in [1.807, 2.05) is 37.3 Å². The molecule has 9 heteroatoms. The van der Waals surface area contributed by atoms with Gasteiger partial charge < -0.3 is 10.6 Å². The van der Waals surface area contributed by atoms with Crippen molar-refractivity contribution in [1.82, 2.24) is 20.3 Å². The summed E-state index contributed by atoms with van der Waals surface area (Å²) in [7, 11) is -3.35. The molecule has 1 aliphatic rings. The van der Waals surface area contributed by atoms with Crippen LogP contribution >= 0.6 is 24.0 Å². The Hall–Kier alpha value is -0.910. The van der Waals surface area contributed by atoms with E-state index in [0.717, 1.165) is 25.2 Å². The van der Waals surface area contributed by atoms with Gasteiger partial charge in [0.2, 0.25) is 10.0 Å². The van der Waals surface area contributed by atoms with Crippen molar-refractivity contribution in [3.8, 4) is 0 Å². The highest BCUT2D eigenvalue weighted by molar-refractivity contribution is 14.0. The lowest BCUT2D eigenvalue weighted by Gasteiger charge is -2.40. The third-order valence-electron chi connectivity index (χ3n) is 5.18. The largest absolute Gasteiger partial charge is 0.357 e. The summed E-state index contributed by atoms with van der Waals surface area (Å²) < 4.78 is 27.1. The van der Waals surface area contributed by atoms with Crippen molar-refractivity contribution in [2.45, 2.75) is 52.1 Å². The Kier molecular flexibility index (Phi) is 12.2. The van der Waals surface area contributed by atoms with Crippen LogP contribution in [0, 0.1) is 0 Å². The van der Waals surface area contributed by atoms with Gasteiger partial charge in [0, 0.05) is 25.2 Å². The SMILES string of the molecule is CCNC(=NCC(C)(C)N1CCCCC1)NCCS(=O)(=O)NCc1ccccc1.I. The van der Waals surface area contributed by atoms with Crippen molar-refractivity contribution in [2.75, 3.05) is 38.5 Å². The molecule has 0 spiro atoms. The standard InChI is InChI=1S/C21H37N5O2S.HI/c1-4-22-20(24-18-21(2,3)26-14-9-6-10-15-26)23-13-16-29(27,28)25-17-19-11-7-5-8-12-19;/h5,7-8,11-12,25H,4,6,9-10,13-18H2,1-3H3,(H2,22,23,24);1H. The molecule has 1 aromatic carbocycles. The van der Waals surface area contributed by atoms with E-state index in [2.05, 4.69) is 34.1 Å². The first-order chi connectivity index (χ1) is 13.8. The van der Waals surface area contributed by atoms with Gasteiger partial charge in [-0.25, -0.2) is 13.1 Å². The fourth-order valence-corrected chi connectivity index (χ4v) is 4.28. The number of nitrogens with one attached hydrogen (secondary N) is 3. The lowest BCUT2D eigenvalue weighted by molar-refractivity contribution is 0.102. The Morgan fingerprint density at radius 2 is 1.77 bits per heavy atom. The predicted molar refractivity (Wildman–Crippen MR) is 136 cm³/mol. The summed E-state index contributed by atoms with van der Waals surface area (Å²) in [4.78, 5) is 7.21. The number of nitrogens with zero attached hydrogens (tertiary/aromatic N) is 2. The fraction of sp³-hybridized carbons (Fsp3) is 0.667. The van der Waals surface area contributed by atoms with E-state index in [-0.39, 0.29) is 35.3 Å². The zero-order valence-corrected chi connectivity index (χ0v) is 21.6. The molecule has 1 saturated heterocycles. The fourth-order valence-electron chi connectivity index (χ4n) is 3.38. The number of likely N-dealkylation sites (tertiary alicyclic amines) is 1. The van der Waals surface area contributed by atoms with Gasteiger partial charge in [-0.2, -0.15) is 0 Å². The number of hydrogen-bond acceptors (Lipinski definition) is 4. The smallest absolute Gasteiger partial charge is 0.213 e. The highest BCUT2D eigenvalue weighted by Crippen LogP contribution is 2.20. The summed E-state index contributed by atoms with van der Waals surface area (Å²) in [5.41, 5.74) is 0.936. The van der Waals surface area contributed by atoms with Gasteiger partial charge in [-0.05, 0) is 52.3 Å². The lowest BCUT2D eigenvalue weighted by atomic mass is 9.99. The van der Waals surface area contributed by atoms with Gasteiger partial charge in [-0.15, -0.1) is 24.0 Å². The Morgan fingerprint density at radius 3 is 2.40 bits per heavy atom. The van der Waals surface area contributed by atoms with Crippen molar-refractivity contribution < 1.29 is 8.42 Å². The summed E-state index contributed by atoms with van der Waals surface area (Å²) in [5.74, 6) is 0.663. The van der Waals surface area contributed by atoms with Gasteiger partial charge in [-0.1, -0.05) is 36.8 Å². The molecular formula is C21H38IN5O2S. The van der Waals surface area contributed by atoms with E-state index in [4.69, 9.17) is 4.99 Å². The van der Waals surface area contributed by atoms with Gasteiger partial charge in [0.05, 0.1) is 12.3 Å². The number of guanidine groups is 1. The van der Waals surface area contributed by atoms with Gasteiger partial charge in [0.1, 0.15) is 0 Å². The number of aliphatic imine (C=N–C) groups is 1.